The lowest BCUT2D eigenvalue weighted by Crippen LogP contribution is -2.51. The second-order valence-electron chi connectivity index (χ2n) is 3.43. The van der Waals surface area contributed by atoms with Gasteiger partial charge in [-0.3, -0.25) is 21.0 Å². The summed E-state index contributed by atoms with van der Waals surface area (Å²) in [7, 11) is 0. The van der Waals surface area contributed by atoms with Gasteiger partial charge in [0.15, 0.2) is 5.96 Å². The summed E-state index contributed by atoms with van der Waals surface area (Å²) in [5, 5.41) is 18.3. The maximum absolute atomic E-state index is 10.8. The van der Waals surface area contributed by atoms with Crippen LogP contribution in [-0.2, 0) is 4.79 Å². The highest BCUT2D eigenvalue weighted by Gasteiger charge is 2.17. The summed E-state index contributed by atoms with van der Waals surface area (Å²) in [6, 6.07) is -0.474. The van der Waals surface area contributed by atoms with E-state index in [2.05, 4.69) is 10.7 Å². The van der Waals surface area contributed by atoms with Crippen molar-refractivity contribution in [2.45, 2.75) is 25.8 Å². The summed E-state index contributed by atoms with van der Waals surface area (Å²) < 4.78 is 0. The van der Waals surface area contributed by atoms with Gasteiger partial charge >= 0.3 is 0 Å². The van der Waals surface area contributed by atoms with E-state index in [9.17, 15) is 4.79 Å². The summed E-state index contributed by atoms with van der Waals surface area (Å²) in [6.07, 6.45) is 3.10. The van der Waals surface area contributed by atoms with Gasteiger partial charge in [-0.1, -0.05) is 6.92 Å². The molecule has 0 heterocycles. The van der Waals surface area contributed by atoms with Crippen LogP contribution in [0, 0.1) is 10.8 Å². The van der Waals surface area contributed by atoms with Crippen molar-refractivity contribution in [1.29, 1.82) is 10.8 Å². The molecule has 97 valence electrons. The van der Waals surface area contributed by atoms with Crippen LogP contribution in [0.5, 0.6) is 0 Å². The summed E-state index contributed by atoms with van der Waals surface area (Å²) in [6.45, 7) is 2.89. The topological polar surface area (TPSA) is 144 Å². The molecule has 0 aliphatic heterocycles. The molecule has 8 N–H and O–H groups in total. The highest BCUT2D eigenvalue weighted by atomic mass is 16.1. The molecule has 0 spiro atoms. The molecule has 0 aromatic rings. The van der Waals surface area contributed by atoms with Crippen LogP contribution in [0.3, 0.4) is 0 Å². The number of likely N-dealkylation sites (N-methyl/N-ethyl adjacent to an activating group) is 1. The van der Waals surface area contributed by atoms with E-state index < -0.39 is 6.04 Å². The average Bonchev–Trinajstić information content (AvgIpc) is 2.26. The van der Waals surface area contributed by atoms with E-state index in [1.54, 1.807) is 5.01 Å². The van der Waals surface area contributed by atoms with Gasteiger partial charge in [-0.25, -0.2) is 5.01 Å². The monoisotopic (exact) mass is 242 g/mol. The fourth-order valence-electron chi connectivity index (χ4n) is 1.33. The van der Waals surface area contributed by atoms with Crippen LogP contribution in [0.15, 0.2) is 0 Å². The van der Waals surface area contributed by atoms with Gasteiger partial charge in [-0.2, -0.15) is 0 Å². The maximum Gasteiger partial charge on any atom is 0.219 e. The van der Waals surface area contributed by atoms with Crippen molar-refractivity contribution < 1.29 is 4.79 Å². The molecule has 0 fully saturated rings. The minimum Gasteiger partial charge on any atom is -0.370 e. The standard InChI is InChI=1S/C9H20N7O/c1-2-16(15-9(12)13)7(6-17)4-3-5-14-8(10)11/h7H,2-5H2,1H3,(H4,10,11,14)(H4,12,13,15). The van der Waals surface area contributed by atoms with Gasteiger partial charge < -0.3 is 16.8 Å². The molecular weight excluding hydrogens is 222 g/mol. The minimum absolute atomic E-state index is 0.0918. The van der Waals surface area contributed by atoms with Gasteiger partial charge in [-0.15, -0.1) is 0 Å². The lowest BCUT2D eigenvalue weighted by molar-refractivity contribution is 0.199. The molecule has 8 nitrogen and oxygen atoms in total. The van der Waals surface area contributed by atoms with Gasteiger partial charge in [-0.05, 0) is 12.8 Å². The third-order valence-electron chi connectivity index (χ3n) is 2.09. The molecule has 0 bridgehead atoms. The van der Waals surface area contributed by atoms with Crippen molar-refractivity contribution in [3.05, 3.63) is 0 Å². The van der Waals surface area contributed by atoms with Gasteiger partial charge in [0.25, 0.3) is 0 Å². The molecular formula is C9H20N7O. The van der Waals surface area contributed by atoms with E-state index in [-0.39, 0.29) is 11.9 Å². The Hall–Kier alpha value is -1.83. The number of hydrogen-bond acceptors (Lipinski definition) is 4. The quantitative estimate of drug-likeness (QED) is 0.131. The van der Waals surface area contributed by atoms with Crippen LogP contribution in [0.2, 0.25) is 0 Å². The molecule has 1 atom stereocenters. The lowest BCUT2D eigenvalue weighted by Gasteiger charge is -2.26. The number of nitrogens with two attached hydrogens (primary N) is 2. The average molecular weight is 242 g/mol. The second-order valence-corrected chi connectivity index (χ2v) is 3.43. The molecule has 17 heavy (non-hydrogen) atoms. The first-order valence-corrected chi connectivity index (χ1v) is 5.34. The highest BCUT2D eigenvalue weighted by molar-refractivity contribution is 5.74. The number of nitrogens with one attached hydrogen (secondary N) is 4. The van der Waals surface area contributed by atoms with Crippen LogP contribution < -0.4 is 22.2 Å². The third kappa shape index (κ3) is 7.12. The molecule has 0 saturated heterocycles. The first-order valence-electron chi connectivity index (χ1n) is 5.34. The minimum atomic E-state index is -0.474. The van der Waals surface area contributed by atoms with Gasteiger partial charge in [0, 0.05) is 13.1 Å². The van der Waals surface area contributed by atoms with Crippen LogP contribution in [0.4, 0.5) is 0 Å². The molecule has 1 unspecified atom stereocenters. The van der Waals surface area contributed by atoms with Crippen molar-refractivity contribution in [1.82, 2.24) is 15.8 Å². The molecule has 1 radical (unpaired) electrons. The molecule has 8 heteroatoms. The number of hydrazine groups is 1. The Morgan fingerprint density at radius 3 is 2.47 bits per heavy atom. The predicted molar refractivity (Wildman–Crippen MR) is 66.1 cm³/mol. The maximum atomic E-state index is 10.8. The smallest absolute Gasteiger partial charge is 0.219 e. The summed E-state index contributed by atoms with van der Waals surface area (Å²) in [5.41, 5.74) is 12.9. The zero-order chi connectivity index (χ0) is 13.3. The molecule has 0 aromatic heterocycles. The summed E-state index contributed by atoms with van der Waals surface area (Å²) >= 11 is 0. The normalized spacial score (nSPS) is 11.9. The Morgan fingerprint density at radius 1 is 1.41 bits per heavy atom. The van der Waals surface area contributed by atoms with Crippen LogP contribution in [0.1, 0.15) is 19.8 Å². The number of hydrogen-bond donors (Lipinski definition) is 6. The van der Waals surface area contributed by atoms with Crippen LogP contribution in [-0.4, -0.2) is 42.3 Å². The van der Waals surface area contributed by atoms with Crippen molar-refractivity contribution in [3.63, 3.8) is 0 Å². The Morgan fingerprint density at radius 2 is 2.06 bits per heavy atom. The zero-order valence-corrected chi connectivity index (χ0v) is 9.92. The Labute approximate surface area is 101 Å². The number of guanidine groups is 2. The van der Waals surface area contributed by atoms with Crippen LogP contribution in [0.25, 0.3) is 0 Å². The van der Waals surface area contributed by atoms with E-state index in [0.717, 1.165) is 0 Å². The van der Waals surface area contributed by atoms with Gasteiger partial charge in [0.1, 0.15) is 0 Å². The Kier molecular flexibility index (Phi) is 7.44. The van der Waals surface area contributed by atoms with Crippen molar-refractivity contribution in [2.75, 3.05) is 13.1 Å². The third-order valence-corrected chi connectivity index (χ3v) is 2.09. The Balaban J connectivity index is 4.06. The van der Waals surface area contributed by atoms with Crippen molar-refractivity contribution in [2.24, 2.45) is 11.5 Å². The number of nitrogens with zero attached hydrogens (tertiary/aromatic N) is 1. The lowest BCUT2D eigenvalue weighted by atomic mass is 10.1. The van der Waals surface area contributed by atoms with Crippen LogP contribution >= 0.6 is 0 Å². The first kappa shape index (κ1) is 15.2. The molecule has 0 aromatic carbocycles. The first-order chi connectivity index (χ1) is 8.01. The molecule has 0 saturated carbocycles. The Bertz CT molecular complexity index is 268. The second kappa shape index (κ2) is 8.34. The van der Waals surface area contributed by atoms with E-state index >= 15 is 0 Å². The fourth-order valence-corrected chi connectivity index (χ4v) is 1.33. The summed E-state index contributed by atoms with van der Waals surface area (Å²) in [4.78, 5) is 10.8. The zero-order valence-electron chi connectivity index (χ0n) is 9.92. The number of rotatable bonds is 8. The summed E-state index contributed by atoms with van der Waals surface area (Å²) in [5.74, 6) is -0.306. The van der Waals surface area contributed by atoms with Crippen molar-refractivity contribution in [3.8, 4) is 0 Å². The predicted octanol–water partition coefficient (Wildman–Crippen LogP) is -1.55. The van der Waals surface area contributed by atoms with Crippen molar-refractivity contribution >= 4 is 18.2 Å². The van der Waals surface area contributed by atoms with Gasteiger partial charge in [0.05, 0.1) is 6.04 Å². The molecule has 0 amide bonds. The van der Waals surface area contributed by atoms with E-state index in [1.165, 1.54) is 0 Å². The highest BCUT2D eigenvalue weighted by Crippen LogP contribution is 2.01. The molecule has 0 aliphatic rings. The SMILES string of the molecule is CCN(NC(=N)N)C([C]=O)CCCNC(=N)N. The van der Waals surface area contributed by atoms with E-state index in [4.69, 9.17) is 22.3 Å². The van der Waals surface area contributed by atoms with E-state index in [0.29, 0.717) is 25.9 Å². The fraction of sp³-hybridized carbons (Fsp3) is 0.667. The number of carbonyl (C=O) groups excluding carboxylic acids is 1. The largest absolute Gasteiger partial charge is 0.370 e. The molecule has 0 rings (SSSR count). The van der Waals surface area contributed by atoms with Gasteiger partial charge in [0.2, 0.25) is 12.2 Å². The molecule has 0 aliphatic carbocycles. The van der Waals surface area contributed by atoms with E-state index in [1.807, 2.05) is 13.2 Å².